The molecule has 0 bridgehead atoms. The van der Waals surface area contributed by atoms with Crippen LogP contribution < -0.4 is 5.73 Å². The van der Waals surface area contributed by atoms with Crippen LogP contribution in [0, 0.1) is 0 Å². The molecule has 2 fully saturated rings. The van der Waals surface area contributed by atoms with Crippen LogP contribution in [0.4, 0.5) is 0 Å². The molecule has 4 nitrogen and oxygen atoms in total. The molecule has 0 spiro atoms. The predicted molar refractivity (Wildman–Crippen MR) is 77.3 cm³/mol. The van der Waals surface area contributed by atoms with Crippen molar-refractivity contribution in [2.45, 2.75) is 63.1 Å². The number of hydrogen-bond donors (Lipinski definition) is 1. The van der Waals surface area contributed by atoms with Crippen LogP contribution in [0.1, 0.15) is 45.4 Å². The third-order valence-corrected chi connectivity index (χ3v) is 4.95. The van der Waals surface area contributed by atoms with Crippen molar-refractivity contribution in [2.75, 3.05) is 33.4 Å². The van der Waals surface area contributed by atoms with E-state index in [4.69, 9.17) is 15.2 Å². The fourth-order valence-corrected chi connectivity index (χ4v) is 3.43. The lowest BCUT2D eigenvalue weighted by Crippen LogP contribution is -2.54. The van der Waals surface area contributed by atoms with Gasteiger partial charge in [0, 0.05) is 31.8 Å². The summed E-state index contributed by atoms with van der Waals surface area (Å²) in [4.78, 5) is 2.67. The maximum atomic E-state index is 6.00. The van der Waals surface area contributed by atoms with E-state index in [2.05, 4.69) is 11.8 Å². The van der Waals surface area contributed by atoms with Crippen LogP contribution in [0.2, 0.25) is 0 Å². The molecule has 0 amide bonds. The van der Waals surface area contributed by atoms with E-state index in [1.54, 1.807) is 7.11 Å². The zero-order valence-electron chi connectivity index (χ0n) is 12.6. The first-order valence-corrected chi connectivity index (χ1v) is 7.75. The molecule has 0 aromatic rings. The molecular weight excluding hydrogens is 240 g/mol. The molecule has 112 valence electrons. The number of rotatable bonds is 5. The SMILES string of the molecule is COCCO[C@H]1CC[C@](C)(N2CCC(N)CC2)CC1. The first-order valence-electron chi connectivity index (χ1n) is 7.75. The zero-order chi connectivity index (χ0) is 13.7. The molecule has 1 aliphatic heterocycles. The first-order chi connectivity index (χ1) is 9.14. The lowest BCUT2D eigenvalue weighted by molar-refractivity contribution is -0.0402. The summed E-state index contributed by atoms with van der Waals surface area (Å²) in [6.45, 7) is 6.21. The van der Waals surface area contributed by atoms with E-state index in [9.17, 15) is 0 Å². The van der Waals surface area contributed by atoms with Gasteiger partial charge in [-0.2, -0.15) is 0 Å². The van der Waals surface area contributed by atoms with Crippen molar-refractivity contribution in [3.8, 4) is 0 Å². The van der Waals surface area contributed by atoms with Gasteiger partial charge in [0.15, 0.2) is 0 Å². The maximum Gasteiger partial charge on any atom is 0.0704 e. The Morgan fingerprint density at radius 1 is 1.11 bits per heavy atom. The molecule has 2 rings (SSSR count). The fourth-order valence-electron chi connectivity index (χ4n) is 3.43. The van der Waals surface area contributed by atoms with Gasteiger partial charge in [-0.3, -0.25) is 4.90 Å². The van der Waals surface area contributed by atoms with Gasteiger partial charge >= 0.3 is 0 Å². The third kappa shape index (κ3) is 4.15. The van der Waals surface area contributed by atoms with Gasteiger partial charge in [-0.1, -0.05) is 0 Å². The van der Waals surface area contributed by atoms with Crippen molar-refractivity contribution in [3.63, 3.8) is 0 Å². The third-order valence-electron chi connectivity index (χ3n) is 4.95. The van der Waals surface area contributed by atoms with E-state index >= 15 is 0 Å². The summed E-state index contributed by atoms with van der Waals surface area (Å²) in [5.41, 5.74) is 6.38. The maximum absolute atomic E-state index is 6.00. The Morgan fingerprint density at radius 2 is 1.74 bits per heavy atom. The minimum absolute atomic E-state index is 0.376. The normalized spacial score (nSPS) is 34.6. The highest BCUT2D eigenvalue weighted by Crippen LogP contribution is 2.36. The lowest BCUT2D eigenvalue weighted by atomic mass is 9.79. The predicted octanol–water partition coefficient (Wildman–Crippen LogP) is 1.77. The highest BCUT2D eigenvalue weighted by atomic mass is 16.5. The monoisotopic (exact) mass is 270 g/mol. The van der Waals surface area contributed by atoms with Crippen molar-refractivity contribution < 1.29 is 9.47 Å². The second kappa shape index (κ2) is 7.02. The van der Waals surface area contributed by atoms with Crippen molar-refractivity contribution in [3.05, 3.63) is 0 Å². The molecule has 2 N–H and O–H groups in total. The van der Waals surface area contributed by atoms with E-state index in [1.165, 1.54) is 38.8 Å². The summed E-state index contributed by atoms with van der Waals surface area (Å²) < 4.78 is 10.9. The summed E-state index contributed by atoms with van der Waals surface area (Å²) in [7, 11) is 1.72. The van der Waals surface area contributed by atoms with Crippen molar-refractivity contribution >= 4 is 0 Å². The Hall–Kier alpha value is -0.160. The highest BCUT2D eigenvalue weighted by Gasteiger charge is 2.37. The quantitative estimate of drug-likeness (QED) is 0.774. The molecule has 1 aliphatic carbocycles. The smallest absolute Gasteiger partial charge is 0.0704 e. The number of piperidine rings is 1. The molecule has 1 saturated heterocycles. The number of likely N-dealkylation sites (tertiary alicyclic amines) is 1. The van der Waals surface area contributed by atoms with Crippen LogP contribution in [0.25, 0.3) is 0 Å². The zero-order valence-corrected chi connectivity index (χ0v) is 12.6. The largest absolute Gasteiger partial charge is 0.382 e. The van der Waals surface area contributed by atoms with Crippen LogP contribution in [0.3, 0.4) is 0 Å². The van der Waals surface area contributed by atoms with Crippen LogP contribution in [-0.2, 0) is 9.47 Å². The van der Waals surface area contributed by atoms with Gasteiger partial charge in [-0.05, 0) is 45.4 Å². The summed E-state index contributed by atoms with van der Waals surface area (Å²) >= 11 is 0. The van der Waals surface area contributed by atoms with Gasteiger partial charge in [-0.15, -0.1) is 0 Å². The van der Waals surface area contributed by atoms with Crippen LogP contribution in [-0.4, -0.2) is 56.0 Å². The average Bonchev–Trinajstić information content (AvgIpc) is 2.42. The van der Waals surface area contributed by atoms with Crippen LogP contribution in [0.5, 0.6) is 0 Å². The van der Waals surface area contributed by atoms with Gasteiger partial charge in [0.1, 0.15) is 0 Å². The Bertz CT molecular complexity index is 257. The lowest BCUT2D eigenvalue weighted by Gasteiger charge is -2.48. The van der Waals surface area contributed by atoms with Crippen LogP contribution >= 0.6 is 0 Å². The van der Waals surface area contributed by atoms with Crippen LogP contribution in [0.15, 0.2) is 0 Å². The van der Waals surface area contributed by atoms with E-state index in [1.807, 2.05) is 0 Å². The molecule has 19 heavy (non-hydrogen) atoms. The molecule has 0 aromatic heterocycles. The molecular formula is C15H30N2O2. The average molecular weight is 270 g/mol. The molecule has 1 heterocycles. The number of nitrogens with zero attached hydrogens (tertiary/aromatic N) is 1. The number of nitrogens with two attached hydrogens (primary N) is 1. The second-order valence-corrected chi connectivity index (χ2v) is 6.38. The molecule has 0 unspecified atom stereocenters. The van der Waals surface area contributed by atoms with Gasteiger partial charge in [0.2, 0.25) is 0 Å². The molecule has 4 heteroatoms. The number of ether oxygens (including phenoxy) is 2. The van der Waals surface area contributed by atoms with Crippen molar-refractivity contribution in [2.24, 2.45) is 5.73 Å². The summed E-state index contributed by atoms with van der Waals surface area (Å²) in [5, 5.41) is 0. The minimum atomic E-state index is 0.376. The summed E-state index contributed by atoms with van der Waals surface area (Å²) in [5.74, 6) is 0. The van der Waals surface area contributed by atoms with Crippen molar-refractivity contribution in [1.82, 2.24) is 4.90 Å². The molecule has 1 saturated carbocycles. The molecule has 0 aromatic carbocycles. The standard InChI is InChI=1S/C15H30N2O2/c1-15(17-9-5-13(16)6-10-17)7-3-14(4-8-15)19-12-11-18-2/h13-14H,3-12,16H2,1-2H3/t14-,15-. The Labute approximate surface area is 117 Å². The van der Waals surface area contributed by atoms with Gasteiger partial charge < -0.3 is 15.2 Å². The topological polar surface area (TPSA) is 47.7 Å². The van der Waals surface area contributed by atoms with Gasteiger partial charge in [-0.25, -0.2) is 0 Å². The highest BCUT2D eigenvalue weighted by molar-refractivity contribution is 4.94. The summed E-state index contributed by atoms with van der Waals surface area (Å²) in [6.07, 6.45) is 7.62. The number of methoxy groups -OCH3 is 1. The Morgan fingerprint density at radius 3 is 2.32 bits per heavy atom. The Balaban J connectivity index is 1.74. The van der Waals surface area contributed by atoms with E-state index in [-0.39, 0.29) is 0 Å². The van der Waals surface area contributed by atoms with Gasteiger partial charge in [0.05, 0.1) is 19.3 Å². The van der Waals surface area contributed by atoms with Crippen molar-refractivity contribution in [1.29, 1.82) is 0 Å². The second-order valence-electron chi connectivity index (χ2n) is 6.38. The van der Waals surface area contributed by atoms with E-state index in [0.717, 1.165) is 19.4 Å². The number of hydrogen-bond acceptors (Lipinski definition) is 4. The fraction of sp³-hybridized carbons (Fsp3) is 1.00. The molecule has 2 aliphatic rings. The summed E-state index contributed by atoms with van der Waals surface area (Å²) in [6, 6.07) is 0.425. The first kappa shape index (κ1) is 15.2. The van der Waals surface area contributed by atoms with Gasteiger partial charge in [0.25, 0.3) is 0 Å². The molecule has 0 radical (unpaired) electrons. The minimum Gasteiger partial charge on any atom is -0.382 e. The Kier molecular flexibility index (Phi) is 5.63. The van der Waals surface area contributed by atoms with E-state index in [0.29, 0.717) is 24.3 Å². The van der Waals surface area contributed by atoms with E-state index < -0.39 is 0 Å². The molecule has 0 atom stereocenters.